The largest absolute Gasteiger partial charge is 0.468 e. The Morgan fingerprint density at radius 1 is 1.12 bits per heavy atom. The number of carbonyl (C=O) groups is 2. The van der Waals surface area contributed by atoms with Gasteiger partial charge >= 0.3 is 5.97 Å². The predicted molar refractivity (Wildman–Crippen MR) is 97.1 cm³/mol. The van der Waals surface area contributed by atoms with Crippen LogP contribution in [0.1, 0.15) is 10.4 Å². The van der Waals surface area contributed by atoms with E-state index in [9.17, 15) is 9.59 Å². The van der Waals surface area contributed by atoms with Crippen molar-refractivity contribution in [3.63, 3.8) is 0 Å². The molecule has 126 valence electrons. The molecule has 0 aliphatic rings. The van der Waals surface area contributed by atoms with E-state index in [1.807, 2.05) is 0 Å². The third kappa shape index (κ3) is 4.72. The highest BCUT2D eigenvalue weighted by Crippen LogP contribution is 2.38. The van der Waals surface area contributed by atoms with Gasteiger partial charge < -0.3 is 20.5 Å². The lowest BCUT2D eigenvalue weighted by molar-refractivity contribution is -0.139. The lowest BCUT2D eigenvalue weighted by atomic mass is 10.2. The number of hydrogen-bond acceptors (Lipinski definition) is 5. The highest BCUT2D eigenvalue weighted by molar-refractivity contribution is 9.11. The van der Waals surface area contributed by atoms with Crippen molar-refractivity contribution in [1.29, 1.82) is 0 Å². The molecule has 0 spiro atoms. The molecule has 0 fully saturated rings. The van der Waals surface area contributed by atoms with E-state index in [0.29, 0.717) is 31.7 Å². The van der Waals surface area contributed by atoms with Crippen molar-refractivity contribution in [1.82, 2.24) is 5.32 Å². The summed E-state index contributed by atoms with van der Waals surface area (Å²) < 4.78 is 11.4. The van der Waals surface area contributed by atoms with Crippen LogP contribution in [0.2, 0.25) is 0 Å². The molecule has 3 N–H and O–H groups in total. The van der Waals surface area contributed by atoms with Gasteiger partial charge in [0.2, 0.25) is 0 Å². The SMILES string of the molecule is COC(=O)CNC(=O)c1cc(Br)c(Oc2ccc(N)cc2)c(Br)c1. The van der Waals surface area contributed by atoms with Gasteiger partial charge in [-0.1, -0.05) is 0 Å². The molecule has 0 saturated carbocycles. The number of nitrogens with two attached hydrogens (primary N) is 1. The van der Waals surface area contributed by atoms with Crippen molar-refractivity contribution >= 4 is 49.4 Å². The van der Waals surface area contributed by atoms with Crippen molar-refractivity contribution in [2.24, 2.45) is 0 Å². The molecule has 24 heavy (non-hydrogen) atoms. The molecule has 0 saturated heterocycles. The Morgan fingerprint density at radius 3 is 2.25 bits per heavy atom. The maximum absolute atomic E-state index is 12.1. The van der Waals surface area contributed by atoms with Gasteiger partial charge in [-0.2, -0.15) is 0 Å². The second-order valence-electron chi connectivity index (χ2n) is 4.70. The molecule has 0 aliphatic carbocycles. The number of rotatable bonds is 5. The normalized spacial score (nSPS) is 10.1. The molecule has 8 heteroatoms. The first-order chi connectivity index (χ1) is 11.4. The lowest BCUT2D eigenvalue weighted by Crippen LogP contribution is -2.30. The summed E-state index contributed by atoms with van der Waals surface area (Å²) in [7, 11) is 1.25. The Hall–Kier alpha value is -2.06. The Labute approximate surface area is 155 Å². The van der Waals surface area contributed by atoms with Crippen LogP contribution in [0.4, 0.5) is 5.69 Å². The number of anilines is 1. The molecule has 0 unspecified atom stereocenters. The summed E-state index contributed by atoms with van der Waals surface area (Å²) in [6.45, 7) is -0.200. The first-order valence-electron chi connectivity index (χ1n) is 6.78. The highest BCUT2D eigenvalue weighted by atomic mass is 79.9. The number of ether oxygens (including phenoxy) is 2. The maximum atomic E-state index is 12.1. The molecule has 2 aromatic carbocycles. The number of amides is 1. The fourth-order valence-corrected chi connectivity index (χ4v) is 3.12. The number of esters is 1. The first-order valence-corrected chi connectivity index (χ1v) is 8.36. The number of benzene rings is 2. The van der Waals surface area contributed by atoms with E-state index >= 15 is 0 Å². The molecule has 0 bridgehead atoms. The fourth-order valence-electron chi connectivity index (χ4n) is 1.77. The summed E-state index contributed by atoms with van der Waals surface area (Å²) in [6, 6.07) is 10.1. The number of halogens is 2. The van der Waals surface area contributed by atoms with Crippen LogP contribution in [0.25, 0.3) is 0 Å². The Morgan fingerprint density at radius 2 is 1.71 bits per heavy atom. The van der Waals surface area contributed by atoms with E-state index in [2.05, 4.69) is 41.9 Å². The van der Waals surface area contributed by atoms with Crippen LogP contribution in [0.15, 0.2) is 45.3 Å². The van der Waals surface area contributed by atoms with Crippen molar-refractivity contribution in [3.8, 4) is 11.5 Å². The molecule has 6 nitrogen and oxygen atoms in total. The molecule has 0 aromatic heterocycles. The molecule has 2 aromatic rings. The van der Waals surface area contributed by atoms with Gasteiger partial charge in [-0.15, -0.1) is 0 Å². The van der Waals surface area contributed by atoms with Crippen LogP contribution in [0, 0.1) is 0 Å². The minimum Gasteiger partial charge on any atom is -0.468 e. The first kappa shape index (κ1) is 18.3. The zero-order chi connectivity index (χ0) is 17.7. The summed E-state index contributed by atoms with van der Waals surface area (Å²) in [5.74, 6) is 0.198. The monoisotopic (exact) mass is 456 g/mol. The lowest BCUT2D eigenvalue weighted by Gasteiger charge is -2.12. The second-order valence-corrected chi connectivity index (χ2v) is 6.41. The van der Waals surface area contributed by atoms with Crippen molar-refractivity contribution < 1.29 is 19.1 Å². The van der Waals surface area contributed by atoms with E-state index in [-0.39, 0.29) is 6.54 Å². The topological polar surface area (TPSA) is 90.6 Å². The number of carbonyl (C=O) groups excluding carboxylic acids is 2. The number of nitrogen functional groups attached to an aromatic ring is 1. The third-order valence-electron chi connectivity index (χ3n) is 2.98. The standard InChI is InChI=1S/C16H14Br2N2O4/c1-23-14(21)8-20-16(22)9-6-12(17)15(13(18)7-9)24-11-4-2-10(19)3-5-11/h2-7H,8,19H2,1H3,(H,20,22). The average molecular weight is 458 g/mol. The molecule has 0 atom stereocenters. The van der Waals surface area contributed by atoms with Gasteiger partial charge in [-0.05, 0) is 68.3 Å². The van der Waals surface area contributed by atoms with Gasteiger partial charge in [0, 0.05) is 11.3 Å². The van der Waals surface area contributed by atoms with Gasteiger partial charge in [-0.3, -0.25) is 9.59 Å². The van der Waals surface area contributed by atoms with Crippen LogP contribution < -0.4 is 15.8 Å². The van der Waals surface area contributed by atoms with Crippen LogP contribution in [0.5, 0.6) is 11.5 Å². The van der Waals surface area contributed by atoms with Gasteiger partial charge in [0.15, 0.2) is 5.75 Å². The summed E-state index contributed by atoms with van der Waals surface area (Å²) >= 11 is 6.76. The zero-order valence-electron chi connectivity index (χ0n) is 12.6. The Bertz CT molecular complexity index is 740. The second kappa shape index (κ2) is 8.16. The van der Waals surface area contributed by atoms with Crippen LogP contribution >= 0.6 is 31.9 Å². The molecule has 0 aliphatic heterocycles. The van der Waals surface area contributed by atoms with Crippen molar-refractivity contribution in [3.05, 3.63) is 50.9 Å². The van der Waals surface area contributed by atoms with E-state index in [1.54, 1.807) is 36.4 Å². The summed E-state index contributed by atoms with van der Waals surface area (Å²) in [5.41, 5.74) is 6.64. The van der Waals surface area contributed by atoms with Crippen LogP contribution in [-0.4, -0.2) is 25.5 Å². The average Bonchev–Trinajstić information content (AvgIpc) is 2.57. The van der Waals surface area contributed by atoms with Gasteiger partial charge in [0.1, 0.15) is 12.3 Å². The zero-order valence-corrected chi connectivity index (χ0v) is 15.8. The molecular formula is C16H14Br2N2O4. The van der Waals surface area contributed by atoms with Gasteiger partial charge in [0.05, 0.1) is 16.1 Å². The summed E-state index contributed by atoms with van der Waals surface area (Å²) in [5, 5.41) is 2.47. The summed E-state index contributed by atoms with van der Waals surface area (Å²) in [6.07, 6.45) is 0. The predicted octanol–water partition coefficient (Wildman–Crippen LogP) is 3.49. The Kier molecular flexibility index (Phi) is 6.22. The minimum atomic E-state index is -0.523. The van der Waals surface area contributed by atoms with Gasteiger partial charge in [-0.25, -0.2) is 0 Å². The van der Waals surface area contributed by atoms with E-state index in [1.165, 1.54) is 7.11 Å². The summed E-state index contributed by atoms with van der Waals surface area (Å²) in [4.78, 5) is 23.1. The molecular weight excluding hydrogens is 444 g/mol. The maximum Gasteiger partial charge on any atom is 0.325 e. The van der Waals surface area contributed by atoms with Crippen LogP contribution in [0.3, 0.4) is 0 Å². The van der Waals surface area contributed by atoms with E-state index in [4.69, 9.17) is 10.5 Å². The highest BCUT2D eigenvalue weighted by Gasteiger charge is 2.15. The number of methoxy groups -OCH3 is 1. The van der Waals surface area contributed by atoms with Gasteiger partial charge in [0.25, 0.3) is 5.91 Å². The minimum absolute atomic E-state index is 0.200. The van der Waals surface area contributed by atoms with E-state index in [0.717, 1.165) is 0 Å². The van der Waals surface area contributed by atoms with Crippen molar-refractivity contribution in [2.45, 2.75) is 0 Å². The van der Waals surface area contributed by atoms with E-state index < -0.39 is 11.9 Å². The number of hydrogen-bond donors (Lipinski definition) is 2. The van der Waals surface area contributed by atoms with Crippen molar-refractivity contribution in [2.75, 3.05) is 19.4 Å². The fraction of sp³-hybridized carbons (Fsp3) is 0.125. The smallest absolute Gasteiger partial charge is 0.325 e. The molecule has 1 amide bonds. The molecule has 0 heterocycles. The molecule has 0 radical (unpaired) electrons. The Balaban J connectivity index is 2.17. The molecule has 2 rings (SSSR count). The quantitative estimate of drug-likeness (QED) is 0.529. The van der Waals surface area contributed by atoms with Crippen LogP contribution in [-0.2, 0) is 9.53 Å². The third-order valence-corrected chi connectivity index (χ3v) is 4.16. The number of nitrogens with one attached hydrogen (secondary N) is 1.